The van der Waals surface area contributed by atoms with Gasteiger partial charge in [-0.1, -0.05) is 6.08 Å². The summed E-state index contributed by atoms with van der Waals surface area (Å²) >= 11 is 0. The number of allylic oxidation sites excluding steroid dienone is 1. The number of carbonyl (C=O) groups is 1. The van der Waals surface area contributed by atoms with Gasteiger partial charge in [0, 0.05) is 11.0 Å². The molecule has 94 valence electrons. The van der Waals surface area contributed by atoms with Gasteiger partial charge in [-0.05, 0) is 63.2 Å². The van der Waals surface area contributed by atoms with Crippen LogP contribution in [-0.4, -0.2) is 13.1 Å². The van der Waals surface area contributed by atoms with E-state index in [1.165, 1.54) is 45.6 Å². The maximum Gasteiger partial charge on any atom is 0.333 e. The molecular weight excluding hydrogens is 212 g/mol. The third kappa shape index (κ3) is 1.64. The molecule has 2 heteroatoms. The lowest BCUT2D eigenvalue weighted by molar-refractivity contribution is -0.140. The van der Waals surface area contributed by atoms with E-state index in [1.807, 2.05) is 13.0 Å². The van der Waals surface area contributed by atoms with Crippen LogP contribution in [0.2, 0.25) is 0 Å². The average molecular weight is 234 g/mol. The summed E-state index contributed by atoms with van der Waals surface area (Å²) in [5.74, 6) is 2.54. The fourth-order valence-corrected chi connectivity index (χ4v) is 5.19. The van der Waals surface area contributed by atoms with Crippen LogP contribution >= 0.6 is 0 Å². The first kappa shape index (κ1) is 11.3. The second-order valence-electron chi connectivity index (χ2n) is 6.39. The predicted octanol–water partition coefficient (Wildman–Crippen LogP) is 3.32. The lowest BCUT2D eigenvalue weighted by Crippen LogP contribution is -2.48. The van der Waals surface area contributed by atoms with Crippen LogP contribution in [0.15, 0.2) is 11.6 Å². The molecule has 0 radical (unpaired) electrons. The van der Waals surface area contributed by atoms with Gasteiger partial charge < -0.3 is 4.74 Å². The van der Waals surface area contributed by atoms with Crippen molar-refractivity contribution in [2.45, 2.75) is 45.4 Å². The van der Waals surface area contributed by atoms with Crippen molar-refractivity contribution in [1.29, 1.82) is 0 Å². The predicted molar refractivity (Wildman–Crippen MR) is 66.4 cm³/mol. The number of ether oxygens (including phenoxy) is 1. The van der Waals surface area contributed by atoms with Crippen molar-refractivity contribution >= 4 is 5.97 Å². The molecule has 4 fully saturated rings. The minimum absolute atomic E-state index is 0.0885. The number of carbonyl (C=O) groups excluding carboxylic acids is 1. The molecule has 17 heavy (non-hydrogen) atoms. The van der Waals surface area contributed by atoms with E-state index < -0.39 is 0 Å². The first-order valence-electron chi connectivity index (χ1n) is 6.92. The Labute approximate surface area is 103 Å². The number of hydrogen-bond acceptors (Lipinski definition) is 2. The van der Waals surface area contributed by atoms with Crippen molar-refractivity contribution in [1.82, 2.24) is 0 Å². The first-order chi connectivity index (χ1) is 8.16. The highest BCUT2D eigenvalue weighted by atomic mass is 16.5. The molecule has 0 spiro atoms. The molecule has 0 aromatic heterocycles. The van der Waals surface area contributed by atoms with Crippen LogP contribution in [0.3, 0.4) is 0 Å². The summed E-state index contributed by atoms with van der Waals surface area (Å²) in [6, 6.07) is 0. The summed E-state index contributed by atoms with van der Waals surface area (Å²) in [4.78, 5) is 12.0. The van der Waals surface area contributed by atoms with Crippen LogP contribution in [0.5, 0.6) is 0 Å². The van der Waals surface area contributed by atoms with Gasteiger partial charge in [-0.15, -0.1) is 0 Å². The summed E-state index contributed by atoms with van der Waals surface area (Å²) < 4.78 is 4.99. The first-order valence-corrected chi connectivity index (χ1v) is 6.92. The van der Waals surface area contributed by atoms with E-state index in [-0.39, 0.29) is 11.4 Å². The lowest BCUT2D eigenvalue weighted by atomic mass is 9.47. The molecule has 0 aromatic carbocycles. The molecule has 4 rings (SSSR count). The Kier molecular flexibility index (Phi) is 2.57. The molecule has 4 aliphatic carbocycles. The fraction of sp³-hybridized carbons (Fsp3) is 0.800. The largest absolute Gasteiger partial charge is 0.466 e. The van der Waals surface area contributed by atoms with Crippen molar-refractivity contribution in [3.63, 3.8) is 0 Å². The average Bonchev–Trinajstić information content (AvgIpc) is 2.27. The zero-order chi connectivity index (χ0) is 12.0. The van der Waals surface area contributed by atoms with Crippen LogP contribution in [0.4, 0.5) is 0 Å². The lowest BCUT2D eigenvalue weighted by Gasteiger charge is -2.57. The van der Waals surface area contributed by atoms with Gasteiger partial charge in [-0.25, -0.2) is 4.79 Å². The van der Waals surface area contributed by atoms with E-state index in [0.29, 0.717) is 0 Å². The fourth-order valence-electron chi connectivity index (χ4n) is 5.19. The Morgan fingerprint density at radius 2 is 1.59 bits per heavy atom. The minimum Gasteiger partial charge on any atom is -0.466 e. The summed E-state index contributed by atoms with van der Waals surface area (Å²) in [6.07, 6.45) is 9.94. The summed E-state index contributed by atoms with van der Waals surface area (Å²) in [7, 11) is 1.51. The number of hydrogen-bond donors (Lipinski definition) is 0. The molecule has 0 unspecified atom stereocenters. The van der Waals surface area contributed by atoms with E-state index in [1.54, 1.807) is 0 Å². The maximum atomic E-state index is 12.0. The highest BCUT2D eigenvalue weighted by molar-refractivity contribution is 5.90. The van der Waals surface area contributed by atoms with E-state index in [0.717, 1.165) is 23.3 Å². The normalized spacial score (nSPS) is 43.9. The molecule has 4 aliphatic rings. The van der Waals surface area contributed by atoms with Crippen LogP contribution in [0, 0.1) is 23.2 Å². The van der Waals surface area contributed by atoms with Gasteiger partial charge in [0.1, 0.15) is 0 Å². The zero-order valence-corrected chi connectivity index (χ0v) is 10.9. The van der Waals surface area contributed by atoms with Gasteiger partial charge >= 0.3 is 5.97 Å². The highest BCUT2D eigenvalue weighted by Gasteiger charge is 2.53. The van der Waals surface area contributed by atoms with Crippen LogP contribution < -0.4 is 0 Å². The summed E-state index contributed by atoms with van der Waals surface area (Å²) in [5, 5.41) is 0. The van der Waals surface area contributed by atoms with Gasteiger partial charge in [0.05, 0.1) is 7.11 Å². The molecule has 0 heterocycles. The molecule has 0 amide bonds. The Hall–Kier alpha value is -0.790. The smallest absolute Gasteiger partial charge is 0.333 e. The van der Waals surface area contributed by atoms with Crippen molar-refractivity contribution in [2.75, 3.05) is 7.11 Å². The monoisotopic (exact) mass is 234 g/mol. The van der Waals surface area contributed by atoms with Crippen molar-refractivity contribution in [3.05, 3.63) is 11.6 Å². The standard InChI is InChI=1S/C15H22O2/c1-3-13(14(16)17-2)15-7-10-4-11(8-15)6-12(5-10)9-15/h3,10-12H,4-9H2,1-2H3. The molecule has 0 aromatic rings. The van der Waals surface area contributed by atoms with Crippen molar-refractivity contribution in [2.24, 2.45) is 23.2 Å². The van der Waals surface area contributed by atoms with E-state index in [4.69, 9.17) is 4.74 Å². The van der Waals surface area contributed by atoms with Crippen LogP contribution in [0.1, 0.15) is 45.4 Å². The number of esters is 1. The summed E-state index contributed by atoms with van der Waals surface area (Å²) in [5.41, 5.74) is 1.15. The van der Waals surface area contributed by atoms with Gasteiger partial charge in [0.15, 0.2) is 0 Å². The number of methoxy groups -OCH3 is 1. The Morgan fingerprint density at radius 3 is 1.94 bits per heavy atom. The third-order valence-corrected chi connectivity index (χ3v) is 5.30. The summed E-state index contributed by atoms with van der Waals surface area (Å²) in [6.45, 7) is 1.99. The molecular formula is C15H22O2. The second kappa shape index (κ2) is 3.86. The third-order valence-electron chi connectivity index (χ3n) is 5.30. The molecule has 0 saturated heterocycles. The van der Waals surface area contributed by atoms with E-state index in [2.05, 4.69) is 0 Å². The highest BCUT2D eigenvalue weighted by Crippen LogP contribution is 2.62. The molecule has 2 nitrogen and oxygen atoms in total. The van der Waals surface area contributed by atoms with Crippen LogP contribution in [0.25, 0.3) is 0 Å². The molecule has 4 saturated carbocycles. The van der Waals surface area contributed by atoms with Gasteiger partial charge in [-0.3, -0.25) is 0 Å². The van der Waals surface area contributed by atoms with E-state index in [9.17, 15) is 4.79 Å². The SMILES string of the molecule is CC=C(C(=O)OC)C12CC3CC(CC(C3)C1)C2. The van der Waals surface area contributed by atoms with Crippen LogP contribution in [-0.2, 0) is 9.53 Å². The van der Waals surface area contributed by atoms with E-state index >= 15 is 0 Å². The minimum atomic E-state index is -0.0885. The topological polar surface area (TPSA) is 26.3 Å². The number of rotatable bonds is 2. The van der Waals surface area contributed by atoms with Gasteiger partial charge in [-0.2, -0.15) is 0 Å². The second-order valence-corrected chi connectivity index (χ2v) is 6.39. The Balaban J connectivity index is 1.93. The quantitative estimate of drug-likeness (QED) is 0.541. The van der Waals surface area contributed by atoms with Gasteiger partial charge in [0.2, 0.25) is 0 Å². The molecule has 0 aliphatic heterocycles. The van der Waals surface area contributed by atoms with Gasteiger partial charge in [0.25, 0.3) is 0 Å². The Bertz CT molecular complexity index is 332. The van der Waals surface area contributed by atoms with Crippen molar-refractivity contribution < 1.29 is 9.53 Å². The Morgan fingerprint density at radius 1 is 1.12 bits per heavy atom. The molecule has 0 atom stereocenters. The maximum absolute atomic E-state index is 12.0. The molecule has 0 N–H and O–H groups in total. The molecule has 4 bridgehead atoms. The zero-order valence-electron chi connectivity index (χ0n) is 10.9. The van der Waals surface area contributed by atoms with Crippen molar-refractivity contribution in [3.8, 4) is 0 Å².